The fourth-order valence-electron chi connectivity index (χ4n) is 3.19. The van der Waals surface area contributed by atoms with Crippen molar-refractivity contribution in [1.82, 2.24) is 0 Å². The second kappa shape index (κ2) is 9.18. The van der Waals surface area contributed by atoms with E-state index in [1.54, 1.807) is 42.3 Å². The van der Waals surface area contributed by atoms with E-state index in [0.29, 0.717) is 17.7 Å². The van der Waals surface area contributed by atoms with Crippen LogP contribution in [0.5, 0.6) is 0 Å². The number of rotatable bonds is 7. The quantitative estimate of drug-likeness (QED) is 0.585. The fraction of sp³-hybridized carbons (Fsp3) is 0.391. The van der Waals surface area contributed by atoms with E-state index in [9.17, 15) is 14.0 Å². The number of benzene rings is 2. The number of thioether (sulfide) groups is 1. The van der Waals surface area contributed by atoms with Gasteiger partial charge in [-0.1, -0.05) is 12.1 Å². The molecule has 0 aromatic heterocycles. The smallest absolute Gasteiger partial charge is 0.338 e. The number of methoxy groups -OCH3 is 1. The summed E-state index contributed by atoms with van der Waals surface area (Å²) in [6, 6.07) is 11.4. The molecule has 1 atom stereocenters. The van der Waals surface area contributed by atoms with Crippen LogP contribution in [0.25, 0.3) is 0 Å². The highest BCUT2D eigenvalue weighted by atomic mass is 32.2. The number of ether oxygens (including phenoxy) is 2. The van der Waals surface area contributed by atoms with Gasteiger partial charge in [0.15, 0.2) is 0 Å². The van der Waals surface area contributed by atoms with Gasteiger partial charge in [0, 0.05) is 19.2 Å². The molecule has 160 valence electrons. The van der Waals surface area contributed by atoms with Crippen LogP contribution in [0, 0.1) is 12.7 Å². The molecule has 1 unspecified atom stereocenters. The molecule has 0 N–H and O–H groups in total. The molecule has 0 saturated carbocycles. The largest absolute Gasteiger partial charge is 0.462 e. The van der Waals surface area contributed by atoms with Crippen molar-refractivity contribution in [2.24, 2.45) is 0 Å². The number of aryl methyl sites for hydroxylation is 1. The van der Waals surface area contributed by atoms with Crippen LogP contribution >= 0.6 is 11.8 Å². The molecule has 0 aliphatic carbocycles. The molecule has 2 aromatic carbocycles. The number of carbonyl (C=O) groups is 2. The molecule has 2 aromatic rings. The van der Waals surface area contributed by atoms with Crippen molar-refractivity contribution < 1.29 is 23.5 Å². The lowest BCUT2D eigenvalue weighted by molar-refractivity contribution is -0.115. The van der Waals surface area contributed by atoms with Gasteiger partial charge in [-0.15, -0.1) is 11.8 Å². The van der Waals surface area contributed by atoms with Crippen molar-refractivity contribution in [2.75, 3.05) is 24.4 Å². The Labute approximate surface area is 180 Å². The second-order valence-electron chi connectivity index (χ2n) is 7.83. The van der Waals surface area contributed by atoms with Gasteiger partial charge in [-0.2, -0.15) is 0 Å². The van der Waals surface area contributed by atoms with Gasteiger partial charge in [0.2, 0.25) is 5.91 Å². The Morgan fingerprint density at radius 3 is 2.57 bits per heavy atom. The molecule has 0 spiro atoms. The third-order valence-corrected chi connectivity index (χ3v) is 6.42. The molecular weight excluding hydrogens is 405 g/mol. The first-order valence-electron chi connectivity index (χ1n) is 9.74. The Morgan fingerprint density at radius 1 is 1.23 bits per heavy atom. The fourth-order valence-corrected chi connectivity index (χ4v) is 4.36. The lowest BCUT2D eigenvalue weighted by Crippen LogP contribution is -2.28. The second-order valence-corrected chi connectivity index (χ2v) is 8.90. The van der Waals surface area contributed by atoms with Crippen molar-refractivity contribution in [2.45, 2.75) is 38.2 Å². The molecule has 30 heavy (non-hydrogen) atoms. The summed E-state index contributed by atoms with van der Waals surface area (Å²) in [5.41, 5.74) is 2.46. The molecule has 0 bridgehead atoms. The van der Waals surface area contributed by atoms with Crippen molar-refractivity contribution >= 4 is 29.3 Å². The first-order valence-corrected chi connectivity index (χ1v) is 10.8. The number of nitrogens with zero attached hydrogens (tertiary/aromatic N) is 1. The Morgan fingerprint density at radius 2 is 1.93 bits per heavy atom. The molecule has 0 radical (unpaired) electrons. The minimum absolute atomic E-state index is 0.0189. The Bertz CT molecular complexity index is 929. The highest BCUT2D eigenvalue weighted by Crippen LogP contribution is 2.42. The Kier molecular flexibility index (Phi) is 6.83. The van der Waals surface area contributed by atoms with Crippen LogP contribution in [0.15, 0.2) is 42.5 Å². The summed E-state index contributed by atoms with van der Waals surface area (Å²) in [6.07, 6.45) is 0.588. The summed E-state index contributed by atoms with van der Waals surface area (Å²) in [7, 11) is 1.63. The lowest BCUT2D eigenvalue weighted by Gasteiger charge is -2.26. The topological polar surface area (TPSA) is 55.8 Å². The number of halogens is 1. The van der Waals surface area contributed by atoms with Crippen LogP contribution in [-0.4, -0.2) is 36.9 Å². The average molecular weight is 432 g/mol. The molecule has 1 saturated heterocycles. The van der Waals surface area contributed by atoms with E-state index in [-0.39, 0.29) is 29.3 Å². The summed E-state index contributed by atoms with van der Waals surface area (Å²) in [5, 5.41) is -0.231. The van der Waals surface area contributed by atoms with Crippen LogP contribution in [0.3, 0.4) is 0 Å². The number of hydrogen-bond acceptors (Lipinski definition) is 5. The van der Waals surface area contributed by atoms with Gasteiger partial charge in [-0.25, -0.2) is 9.18 Å². The summed E-state index contributed by atoms with van der Waals surface area (Å²) in [6.45, 7) is 5.98. The maximum atomic E-state index is 13.3. The first-order chi connectivity index (χ1) is 14.2. The number of hydrogen-bond donors (Lipinski definition) is 0. The lowest BCUT2D eigenvalue weighted by atomic mass is 10.1. The maximum absolute atomic E-state index is 13.3. The Hall–Kier alpha value is -2.38. The van der Waals surface area contributed by atoms with Gasteiger partial charge in [0.25, 0.3) is 0 Å². The SMILES string of the molecule is COC(C)(C)CCOC(=O)c1ccc(N2C(=O)CSC2c2ccc(F)cc2)c(C)c1. The monoisotopic (exact) mass is 431 g/mol. The van der Waals surface area contributed by atoms with E-state index in [1.165, 1.54) is 23.9 Å². The van der Waals surface area contributed by atoms with Gasteiger partial charge in [-0.05, 0) is 62.2 Å². The van der Waals surface area contributed by atoms with E-state index in [2.05, 4.69) is 0 Å². The summed E-state index contributed by atoms with van der Waals surface area (Å²) in [4.78, 5) is 26.7. The summed E-state index contributed by atoms with van der Waals surface area (Å²) >= 11 is 1.50. The molecule has 5 nitrogen and oxygen atoms in total. The minimum atomic E-state index is -0.409. The highest BCUT2D eigenvalue weighted by Gasteiger charge is 2.35. The van der Waals surface area contributed by atoms with Gasteiger partial charge < -0.3 is 9.47 Å². The molecule has 1 aliphatic heterocycles. The van der Waals surface area contributed by atoms with Crippen LogP contribution < -0.4 is 4.90 Å². The molecule has 1 aliphatic rings. The van der Waals surface area contributed by atoms with Gasteiger partial charge in [0.1, 0.15) is 11.2 Å². The molecule has 1 heterocycles. The van der Waals surface area contributed by atoms with Crippen LogP contribution in [0.1, 0.15) is 47.1 Å². The van der Waals surface area contributed by atoms with E-state index in [1.807, 2.05) is 20.8 Å². The number of amides is 1. The number of esters is 1. The van der Waals surface area contributed by atoms with Crippen LogP contribution in [-0.2, 0) is 14.3 Å². The van der Waals surface area contributed by atoms with Crippen molar-refractivity contribution in [1.29, 1.82) is 0 Å². The number of anilines is 1. The van der Waals surface area contributed by atoms with E-state index in [0.717, 1.165) is 16.8 Å². The standard InChI is InChI=1S/C23H26FNO4S/c1-15-13-17(22(27)29-12-11-23(2,3)28-4)7-10-19(15)25-20(26)14-30-21(25)16-5-8-18(24)9-6-16/h5-10,13,21H,11-12,14H2,1-4H3. The minimum Gasteiger partial charge on any atom is -0.462 e. The average Bonchev–Trinajstić information content (AvgIpc) is 3.09. The van der Waals surface area contributed by atoms with Gasteiger partial charge >= 0.3 is 5.97 Å². The van der Waals surface area contributed by atoms with Crippen LogP contribution in [0.4, 0.5) is 10.1 Å². The summed E-state index contributed by atoms with van der Waals surface area (Å²) in [5.74, 6) is -0.392. The zero-order valence-electron chi connectivity index (χ0n) is 17.6. The van der Waals surface area contributed by atoms with Gasteiger partial charge in [-0.3, -0.25) is 9.69 Å². The molecule has 1 amide bonds. The van der Waals surface area contributed by atoms with Crippen LogP contribution in [0.2, 0.25) is 0 Å². The third-order valence-electron chi connectivity index (χ3n) is 5.20. The van der Waals surface area contributed by atoms with E-state index >= 15 is 0 Å². The van der Waals surface area contributed by atoms with E-state index in [4.69, 9.17) is 9.47 Å². The predicted octanol–water partition coefficient (Wildman–Crippen LogP) is 4.88. The van der Waals surface area contributed by atoms with Crippen molar-refractivity contribution in [3.05, 3.63) is 65.0 Å². The summed E-state index contributed by atoms with van der Waals surface area (Å²) < 4.78 is 24.0. The van der Waals surface area contributed by atoms with Crippen molar-refractivity contribution in [3.63, 3.8) is 0 Å². The number of carbonyl (C=O) groups excluding carboxylic acids is 2. The maximum Gasteiger partial charge on any atom is 0.338 e. The van der Waals surface area contributed by atoms with E-state index < -0.39 is 5.97 Å². The Balaban J connectivity index is 1.76. The molecule has 1 fully saturated rings. The molecule has 3 rings (SSSR count). The zero-order chi connectivity index (χ0) is 21.9. The molecule has 7 heteroatoms. The normalized spacial score (nSPS) is 16.8. The zero-order valence-corrected chi connectivity index (χ0v) is 18.4. The predicted molar refractivity (Wildman–Crippen MR) is 116 cm³/mol. The van der Waals surface area contributed by atoms with Gasteiger partial charge in [0.05, 0.1) is 23.5 Å². The highest BCUT2D eigenvalue weighted by molar-refractivity contribution is 8.00. The van der Waals surface area contributed by atoms with Crippen molar-refractivity contribution in [3.8, 4) is 0 Å². The molecular formula is C23H26FNO4S. The third kappa shape index (κ3) is 5.02. The first kappa shape index (κ1) is 22.3.